The van der Waals surface area contributed by atoms with Crippen LogP contribution in [0.15, 0.2) is 24.3 Å². The molecule has 1 fully saturated rings. The highest BCUT2D eigenvalue weighted by atomic mass is 16.3. The molecule has 0 aromatic heterocycles. The first-order valence-corrected chi connectivity index (χ1v) is 5.35. The third-order valence-corrected chi connectivity index (χ3v) is 3.26. The number of phenolic OH excluding ortho intramolecular Hbond substituents is 1. The molecular weight excluding hydrogens is 190 g/mol. The van der Waals surface area contributed by atoms with Crippen molar-refractivity contribution < 1.29 is 10.2 Å². The minimum absolute atomic E-state index is 0.244. The van der Waals surface area contributed by atoms with E-state index in [1.165, 1.54) is 0 Å². The maximum absolute atomic E-state index is 10.0. The van der Waals surface area contributed by atoms with E-state index < -0.39 is 11.6 Å². The largest absolute Gasteiger partial charge is 0.508 e. The van der Waals surface area contributed by atoms with Gasteiger partial charge in [-0.05, 0) is 44.0 Å². The molecule has 2 atom stereocenters. The van der Waals surface area contributed by atoms with Crippen molar-refractivity contribution in [3.05, 3.63) is 29.8 Å². The Morgan fingerprint density at radius 3 is 2.93 bits per heavy atom. The number of hydrogen-bond donors (Lipinski definition) is 3. The Balaban J connectivity index is 2.34. The molecule has 15 heavy (non-hydrogen) atoms. The summed E-state index contributed by atoms with van der Waals surface area (Å²) >= 11 is 0. The van der Waals surface area contributed by atoms with Crippen LogP contribution in [0.5, 0.6) is 5.75 Å². The lowest BCUT2D eigenvalue weighted by Crippen LogP contribution is -2.53. The number of piperidine rings is 1. The van der Waals surface area contributed by atoms with Crippen molar-refractivity contribution in [3.63, 3.8) is 0 Å². The van der Waals surface area contributed by atoms with E-state index in [9.17, 15) is 10.2 Å². The van der Waals surface area contributed by atoms with Gasteiger partial charge in [-0.2, -0.15) is 0 Å². The molecule has 1 aliphatic rings. The van der Waals surface area contributed by atoms with Gasteiger partial charge in [-0.3, -0.25) is 0 Å². The predicted octanol–water partition coefficient (Wildman–Crippen LogP) is 1.35. The summed E-state index contributed by atoms with van der Waals surface area (Å²) in [6, 6.07) is 7.09. The van der Waals surface area contributed by atoms with Gasteiger partial charge in [0.05, 0.1) is 11.6 Å². The van der Waals surface area contributed by atoms with Gasteiger partial charge < -0.3 is 15.5 Å². The number of nitrogens with one attached hydrogen (secondary N) is 1. The molecule has 0 radical (unpaired) electrons. The molecule has 2 unspecified atom stereocenters. The summed E-state index contributed by atoms with van der Waals surface area (Å²) in [5.41, 5.74) is 0.506. The molecule has 1 heterocycles. The fraction of sp³-hybridized carbons (Fsp3) is 0.500. The quantitative estimate of drug-likeness (QED) is 0.651. The molecule has 0 saturated carbocycles. The van der Waals surface area contributed by atoms with Gasteiger partial charge in [-0.25, -0.2) is 0 Å². The normalized spacial score (nSPS) is 31.5. The first kappa shape index (κ1) is 10.5. The lowest BCUT2D eigenvalue weighted by atomic mass is 9.81. The average Bonchev–Trinajstić information content (AvgIpc) is 2.23. The second kappa shape index (κ2) is 3.83. The monoisotopic (exact) mass is 207 g/mol. The summed E-state index contributed by atoms with van der Waals surface area (Å²) in [7, 11) is 0. The Hall–Kier alpha value is -1.06. The molecule has 2 rings (SSSR count). The van der Waals surface area contributed by atoms with Crippen LogP contribution in [0.1, 0.15) is 25.3 Å². The lowest BCUT2D eigenvalue weighted by molar-refractivity contribution is 0.0384. The highest BCUT2D eigenvalue weighted by molar-refractivity contribution is 5.33. The molecule has 0 spiro atoms. The van der Waals surface area contributed by atoms with Gasteiger partial charge in [0.1, 0.15) is 5.75 Å². The van der Waals surface area contributed by atoms with Crippen molar-refractivity contribution in [1.82, 2.24) is 5.32 Å². The van der Waals surface area contributed by atoms with Crippen LogP contribution >= 0.6 is 0 Å². The molecule has 3 nitrogen and oxygen atoms in total. The van der Waals surface area contributed by atoms with Crippen molar-refractivity contribution in [1.29, 1.82) is 0 Å². The van der Waals surface area contributed by atoms with Gasteiger partial charge >= 0.3 is 0 Å². The number of aliphatic hydroxyl groups excluding tert-OH is 1. The molecule has 0 bridgehead atoms. The zero-order valence-electron chi connectivity index (χ0n) is 8.90. The number of aromatic hydroxyl groups is 1. The second-order valence-electron chi connectivity index (χ2n) is 4.34. The van der Waals surface area contributed by atoms with E-state index in [0.717, 1.165) is 24.9 Å². The van der Waals surface area contributed by atoms with Gasteiger partial charge in [0.25, 0.3) is 0 Å². The molecule has 1 aliphatic heterocycles. The van der Waals surface area contributed by atoms with Crippen LogP contribution in [-0.2, 0) is 5.54 Å². The van der Waals surface area contributed by atoms with Crippen LogP contribution in [0.2, 0.25) is 0 Å². The summed E-state index contributed by atoms with van der Waals surface area (Å²) in [5, 5.41) is 22.8. The summed E-state index contributed by atoms with van der Waals surface area (Å²) in [4.78, 5) is 0. The maximum Gasteiger partial charge on any atom is 0.115 e. The minimum atomic E-state index is -0.434. The zero-order chi connectivity index (χ0) is 10.9. The summed E-state index contributed by atoms with van der Waals surface area (Å²) < 4.78 is 0. The molecular formula is C12H17NO2. The first-order valence-electron chi connectivity index (χ1n) is 5.35. The highest BCUT2D eigenvalue weighted by Crippen LogP contribution is 2.31. The van der Waals surface area contributed by atoms with E-state index >= 15 is 0 Å². The van der Waals surface area contributed by atoms with Crippen LogP contribution in [0, 0.1) is 0 Å². The van der Waals surface area contributed by atoms with Crippen LogP contribution in [0.3, 0.4) is 0 Å². The van der Waals surface area contributed by atoms with E-state index in [1.807, 2.05) is 13.0 Å². The van der Waals surface area contributed by atoms with Crippen LogP contribution in [-0.4, -0.2) is 22.9 Å². The highest BCUT2D eigenvalue weighted by Gasteiger charge is 2.36. The summed E-state index contributed by atoms with van der Waals surface area (Å²) in [5.74, 6) is 0.244. The molecule has 0 amide bonds. The Kier molecular flexibility index (Phi) is 2.67. The smallest absolute Gasteiger partial charge is 0.115 e. The third-order valence-electron chi connectivity index (χ3n) is 3.26. The Labute approximate surface area is 89.8 Å². The van der Waals surface area contributed by atoms with Gasteiger partial charge in [0.2, 0.25) is 0 Å². The molecule has 1 saturated heterocycles. The van der Waals surface area contributed by atoms with Gasteiger partial charge in [-0.15, -0.1) is 0 Å². The number of benzene rings is 1. The fourth-order valence-electron chi connectivity index (χ4n) is 2.17. The predicted molar refractivity (Wildman–Crippen MR) is 58.7 cm³/mol. The molecule has 0 aliphatic carbocycles. The zero-order valence-corrected chi connectivity index (χ0v) is 8.90. The van der Waals surface area contributed by atoms with Crippen molar-refractivity contribution in [2.75, 3.05) is 6.54 Å². The van der Waals surface area contributed by atoms with Crippen molar-refractivity contribution >= 4 is 0 Å². The van der Waals surface area contributed by atoms with Crippen LogP contribution < -0.4 is 5.32 Å². The van der Waals surface area contributed by atoms with E-state index in [2.05, 4.69) is 5.32 Å². The first-order chi connectivity index (χ1) is 7.13. The standard InChI is InChI=1S/C12H17NO2/c1-12(11(15)6-3-7-13-12)9-4-2-5-10(14)8-9/h2,4-5,8,11,13-15H,3,6-7H2,1H3. The van der Waals surface area contributed by atoms with Gasteiger partial charge in [-0.1, -0.05) is 12.1 Å². The SMILES string of the molecule is CC1(c2cccc(O)c2)NCCCC1O. The summed E-state index contributed by atoms with van der Waals surface area (Å²) in [6.45, 7) is 2.88. The van der Waals surface area contributed by atoms with Crippen molar-refractivity contribution in [3.8, 4) is 5.75 Å². The average molecular weight is 207 g/mol. The molecule has 1 aromatic rings. The number of hydrogen-bond acceptors (Lipinski definition) is 3. The molecule has 3 N–H and O–H groups in total. The third kappa shape index (κ3) is 1.85. The molecule has 1 aromatic carbocycles. The fourth-order valence-corrected chi connectivity index (χ4v) is 2.17. The van der Waals surface area contributed by atoms with Crippen molar-refractivity contribution in [2.24, 2.45) is 0 Å². The van der Waals surface area contributed by atoms with E-state index in [4.69, 9.17) is 0 Å². The second-order valence-corrected chi connectivity index (χ2v) is 4.34. The van der Waals surface area contributed by atoms with E-state index in [0.29, 0.717) is 0 Å². The molecule has 82 valence electrons. The van der Waals surface area contributed by atoms with Crippen LogP contribution in [0.25, 0.3) is 0 Å². The minimum Gasteiger partial charge on any atom is -0.508 e. The van der Waals surface area contributed by atoms with E-state index in [-0.39, 0.29) is 5.75 Å². The Morgan fingerprint density at radius 2 is 2.27 bits per heavy atom. The topological polar surface area (TPSA) is 52.5 Å². The maximum atomic E-state index is 10.0. The lowest BCUT2D eigenvalue weighted by Gasteiger charge is -2.40. The van der Waals surface area contributed by atoms with Crippen LogP contribution in [0.4, 0.5) is 0 Å². The summed E-state index contributed by atoms with van der Waals surface area (Å²) in [6.07, 6.45) is 1.41. The van der Waals surface area contributed by atoms with Gasteiger partial charge in [0, 0.05) is 0 Å². The Morgan fingerprint density at radius 1 is 1.47 bits per heavy atom. The van der Waals surface area contributed by atoms with Crippen molar-refractivity contribution in [2.45, 2.75) is 31.4 Å². The molecule has 3 heteroatoms. The Bertz CT molecular complexity index is 353. The van der Waals surface area contributed by atoms with E-state index in [1.54, 1.807) is 18.2 Å². The van der Waals surface area contributed by atoms with Gasteiger partial charge in [0.15, 0.2) is 0 Å². The number of aliphatic hydroxyl groups is 1. The number of rotatable bonds is 1. The number of phenols is 1.